The number of aromatic nitrogens is 2. The Morgan fingerprint density at radius 2 is 1.92 bits per heavy atom. The number of fused-ring (bicyclic) bond motifs is 1. The summed E-state index contributed by atoms with van der Waals surface area (Å²) in [5.41, 5.74) is 3.53. The van der Waals surface area contributed by atoms with E-state index in [9.17, 15) is 9.90 Å². The molecule has 2 saturated heterocycles. The number of carbonyl (C=O) groups excluding carboxylic acids is 1. The molecule has 36 heavy (non-hydrogen) atoms. The maximum atomic E-state index is 13.1. The molecule has 3 N–H and O–H groups in total. The van der Waals surface area contributed by atoms with E-state index in [2.05, 4.69) is 32.0 Å². The summed E-state index contributed by atoms with van der Waals surface area (Å²) in [6.07, 6.45) is 4.45. The summed E-state index contributed by atoms with van der Waals surface area (Å²) in [6.45, 7) is 8.20. The molecule has 2 aliphatic heterocycles. The zero-order chi connectivity index (χ0) is 25.1. The number of benzene rings is 1. The minimum absolute atomic E-state index is 0.0516. The summed E-state index contributed by atoms with van der Waals surface area (Å²) < 4.78 is 5.17. The van der Waals surface area contributed by atoms with Crippen LogP contribution in [0.3, 0.4) is 0 Å². The second kappa shape index (κ2) is 11.0. The van der Waals surface area contributed by atoms with Crippen LogP contribution >= 0.6 is 0 Å². The van der Waals surface area contributed by atoms with Gasteiger partial charge in [-0.3, -0.25) is 4.79 Å². The lowest BCUT2D eigenvalue weighted by molar-refractivity contribution is 0.0301. The molecule has 2 atom stereocenters. The maximum Gasteiger partial charge on any atom is 0.267 e. The van der Waals surface area contributed by atoms with Crippen molar-refractivity contribution in [1.29, 1.82) is 0 Å². The van der Waals surface area contributed by atoms with Crippen molar-refractivity contribution in [1.82, 2.24) is 25.1 Å². The van der Waals surface area contributed by atoms with Crippen LogP contribution in [-0.4, -0.2) is 89.3 Å². The summed E-state index contributed by atoms with van der Waals surface area (Å²) >= 11 is 0. The topological polar surface area (TPSA) is 93.7 Å². The van der Waals surface area contributed by atoms with Gasteiger partial charge in [-0.25, -0.2) is 4.98 Å². The molecule has 0 bridgehead atoms. The highest BCUT2D eigenvalue weighted by molar-refractivity contribution is 6.02. The number of aliphatic hydroxyl groups excluding tert-OH is 1. The molecule has 0 radical (unpaired) electrons. The van der Waals surface area contributed by atoms with Crippen LogP contribution in [-0.2, 0) is 0 Å². The molecule has 0 aliphatic carbocycles. The fraction of sp³-hybridized carbons (Fsp3) is 0.500. The number of ether oxygens (including phenoxy) is 1. The lowest BCUT2D eigenvalue weighted by Gasteiger charge is -2.37. The summed E-state index contributed by atoms with van der Waals surface area (Å²) in [4.78, 5) is 25.7. The zero-order valence-corrected chi connectivity index (χ0v) is 21.2. The minimum atomic E-state index is -0.149. The smallest absolute Gasteiger partial charge is 0.267 e. The number of pyridine rings is 1. The summed E-state index contributed by atoms with van der Waals surface area (Å²) in [7, 11) is 1.60. The van der Waals surface area contributed by atoms with Crippen LogP contribution in [0.25, 0.3) is 22.0 Å². The third kappa shape index (κ3) is 5.56. The number of hydrogen-bond acceptors (Lipinski definition) is 6. The lowest BCUT2D eigenvalue weighted by atomic mass is 9.97. The van der Waals surface area contributed by atoms with Crippen LogP contribution in [0.15, 0.2) is 42.6 Å². The molecular weight excluding hydrogens is 454 g/mol. The number of H-pyrrole nitrogens is 1. The first kappa shape index (κ1) is 24.7. The van der Waals surface area contributed by atoms with Crippen molar-refractivity contribution >= 4 is 16.8 Å². The molecule has 1 amide bonds. The van der Waals surface area contributed by atoms with Crippen molar-refractivity contribution in [3.05, 3.63) is 48.3 Å². The average Bonchev–Trinajstić information content (AvgIpc) is 3.35. The fourth-order valence-electron chi connectivity index (χ4n) is 5.46. The number of amides is 1. The molecule has 3 aromatic rings. The van der Waals surface area contributed by atoms with Gasteiger partial charge in [0.05, 0.1) is 13.2 Å². The van der Waals surface area contributed by atoms with Gasteiger partial charge >= 0.3 is 0 Å². The first-order valence-corrected chi connectivity index (χ1v) is 13.1. The van der Waals surface area contributed by atoms with Crippen molar-refractivity contribution < 1.29 is 14.6 Å². The molecule has 2 aliphatic rings. The number of aromatic amines is 1. The van der Waals surface area contributed by atoms with Crippen molar-refractivity contribution in [2.45, 2.75) is 38.3 Å². The van der Waals surface area contributed by atoms with Gasteiger partial charge in [0, 0.05) is 74.0 Å². The SMILES string of the molecule is COc1ccc(-c2cccc3[nH]c(C(=O)NC4CCN(CCN5CC[C@H](O)[C@@H](C)C5)CC4)cc23)cn1. The average molecular weight is 492 g/mol. The Morgan fingerprint density at radius 3 is 2.64 bits per heavy atom. The van der Waals surface area contributed by atoms with Crippen LogP contribution in [0.2, 0.25) is 0 Å². The number of piperidine rings is 2. The second-order valence-electron chi connectivity index (χ2n) is 10.3. The van der Waals surface area contributed by atoms with E-state index in [1.54, 1.807) is 13.3 Å². The third-order valence-electron chi connectivity index (χ3n) is 7.76. The van der Waals surface area contributed by atoms with E-state index in [1.165, 1.54) is 0 Å². The van der Waals surface area contributed by atoms with E-state index in [1.807, 2.05) is 36.4 Å². The van der Waals surface area contributed by atoms with Crippen LogP contribution in [0.4, 0.5) is 0 Å². The van der Waals surface area contributed by atoms with Crippen LogP contribution in [0.1, 0.15) is 36.7 Å². The van der Waals surface area contributed by atoms with Gasteiger partial charge in [0.15, 0.2) is 0 Å². The van der Waals surface area contributed by atoms with Crippen molar-refractivity contribution in [3.63, 3.8) is 0 Å². The molecule has 0 saturated carbocycles. The van der Waals surface area contributed by atoms with Gasteiger partial charge in [-0.1, -0.05) is 19.1 Å². The Labute approximate surface area is 212 Å². The number of methoxy groups -OCH3 is 1. The summed E-state index contributed by atoms with van der Waals surface area (Å²) in [5, 5.41) is 14.2. The Morgan fingerprint density at radius 1 is 1.14 bits per heavy atom. The Balaban J connectivity index is 1.15. The van der Waals surface area contributed by atoms with Crippen molar-refractivity contribution in [2.75, 3.05) is 46.4 Å². The van der Waals surface area contributed by atoms with Gasteiger partial charge in [0.25, 0.3) is 5.91 Å². The molecular formula is C28H37N5O3. The van der Waals surface area contributed by atoms with E-state index >= 15 is 0 Å². The van der Waals surface area contributed by atoms with E-state index < -0.39 is 0 Å². The van der Waals surface area contributed by atoms with Crippen LogP contribution in [0.5, 0.6) is 5.88 Å². The number of aliphatic hydroxyl groups is 1. The molecule has 5 rings (SSSR count). The first-order chi connectivity index (χ1) is 17.5. The van der Waals surface area contributed by atoms with Crippen molar-refractivity contribution in [3.8, 4) is 17.0 Å². The van der Waals surface area contributed by atoms with E-state index in [0.29, 0.717) is 17.5 Å². The van der Waals surface area contributed by atoms with Crippen LogP contribution < -0.4 is 10.1 Å². The summed E-state index contributed by atoms with van der Waals surface area (Å²) in [5.74, 6) is 0.879. The highest BCUT2D eigenvalue weighted by Crippen LogP contribution is 2.29. The highest BCUT2D eigenvalue weighted by atomic mass is 16.5. The van der Waals surface area contributed by atoms with Gasteiger partial charge in [-0.05, 0) is 48.9 Å². The van der Waals surface area contributed by atoms with E-state index in [4.69, 9.17) is 4.74 Å². The number of likely N-dealkylation sites (tertiary alicyclic amines) is 2. The minimum Gasteiger partial charge on any atom is -0.481 e. The molecule has 8 nitrogen and oxygen atoms in total. The van der Waals surface area contributed by atoms with Crippen molar-refractivity contribution in [2.24, 2.45) is 5.92 Å². The Hall–Kier alpha value is -2.94. The fourth-order valence-corrected chi connectivity index (χ4v) is 5.46. The third-order valence-corrected chi connectivity index (χ3v) is 7.76. The number of nitrogens with one attached hydrogen (secondary N) is 2. The van der Waals surface area contributed by atoms with E-state index in [-0.39, 0.29) is 18.1 Å². The first-order valence-electron chi connectivity index (χ1n) is 13.1. The largest absolute Gasteiger partial charge is 0.481 e. The van der Waals surface area contributed by atoms with Gasteiger partial charge < -0.3 is 29.9 Å². The molecule has 0 unspecified atom stereocenters. The zero-order valence-electron chi connectivity index (χ0n) is 21.2. The normalized spacial score (nSPS) is 22.1. The number of nitrogens with zero attached hydrogens (tertiary/aromatic N) is 3. The molecule has 2 fully saturated rings. The molecule has 2 aromatic heterocycles. The summed E-state index contributed by atoms with van der Waals surface area (Å²) in [6, 6.07) is 12.0. The highest BCUT2D eigenvalue weighted by Gasteiger charge is 2.26. The maximum absolute atomic E-state index is 13.1. The number of carbonyl (C=O) groups is 1. The monoisotopic (exact) mass is 491 g/mol. The predicted octanol–water partition coefficient (Wildman–Crippen LogP) is 3.14. The molecule has 1 aromatic carbocycles. The molecule has 8 heteroatoms. The molecule has 4 heterocycles. The van der Waals surface area contributed by atoms with Gasteiger partial charge in [-0.15, -0.1) is 0 Å². The molecule has 192 valence electrons. The quantitative estimate of drug-likeness (QED) is 0.470. The predicted molar refractivity (Wildman–Crippen MR) is 141 cm³/mol. The Kier molecular flexibility index (Phi) is 7.55. The van der Waals surface area contributed by atoms with Gasteiger partial charge in [0.2, 0.25) is 5.88 Å². The van der Waals surface area contributed by atoms with E-state index in [0.717, 1.165) is 80.6 Å². The second-order valence-corrected chi connectivity index (χ2v) is 10.3. The van der Waals surface area contributed by atoms with Gasteiger partial charge in [0.1, 0.15) is 5.69 Å². The van der Waals surface area contributed by atoms with Crippen LogP contribution in [0, 0.1) is 5.92 Å². The number of rotatable bonds is 7. The Bertz CT molecular complexity index is 1170. The standard InChI is InChI=1S/C28H37N5O3/c1-19-18-33(13-10-26(19)34)15-14-32-11-8-21(9-12-32)30-28(35)25-16-23-22(4-3-5-24(23)31-25)20-6-7-27(36-2)29-17-20/h3-7,16-17,19,21,26,31,34H,8-15,18H2,1-2H3,(H,30,35)/t19-,26-/m0/s1. The van der Waals surface area contributed by atoms with Gasteiger partial charge in [-0.2, -0.15) is 0 Å². The molecule has 0 spiro atoms. The lowest BCUT2D eigenvalue weighted by Crippen LogP contribution is -2.48. The number of hydrogen-bond donors (Lipinski definition) is 3.